The van der Waals surface area contributed by atoms with Gasteiger partial charge in [-0.3, -0.25) is 14.4 Å². The van der Waals surface area contributed by atoms with Crippen molar-refractivity contribution in [3.05, 3.63) is 0 Å². The van der Waals surface area contributed by atoms with Crippen LogP contribution in [0, 0.1) is 5.92 Å². The molecule has 28 heavy (non-hydrogen) atoms. The van der Waals surface area contributed by atoms with E-state index in [-0.39, 0.29) is 18.4 Å². The molecule has 4 atom stereocenters. The van der Waals surface area contributed by atoms with Crippen molar-refractivity contribution in [1.29, 1.82) is 0 Å². The van der Waals surface area contributed by atoms with Crippen LogP contribution in [0.3, 0.4) is 0 Å². The van der Waals surface area contributed by atoms with Crippen LogP contribution in [-0.2, 0) is 19.2 Å². The predicted molar refractivity (Wildman–Crippen MR) is 108 cm³/mol. The molecule has 9 nitrogen and oxygen atoms in total. The summed E-state index contributed by atoms with van der Waals surface area (Å²) in [6, 6.07) is -2.53. The lowest BCUT2D eigenvalue weighted by Crippen LogP contribution is -2.57. The number of thioether (sulfide) groups is 1. The summed E-state index contributed by atoms with van der Waals surface area (Å²) in [5.74, 6) is -1.94. The molecule has 0 aromatic carbocycles. The summed E-state index contributed by atoms with van der Waals surface area (Å²) < 4.78 is 0. The molecule has 1 aliphatic rings. The summed E-state index contributed by atoms with van der Waals surface area (Å²) in [7, 11) is 0. The zero-order valence-electron chi connectivity index (χ0n) is 16.8. The van der Waals surface area contributed by atoms with Crippen LogP contribution in [0.2, 0.25) is 0 Å². The van der Waals surface area contributed by atoms with Crippen molar-refractivity contribution in [1.82, 2.24) is 15.5 Å². The highest BCUT2D eigenvalue weighted by Gasteiger charge is 2.37. The monoisotopic (exact) mass is 416 g/mol. The third-order valence-corrected chi connectivity index (χ3v) is 5.71. The van der Waals surface area contributed by atoms with E-state index < -0.39 is 35.9 Å². The molecule has 4 unspecified atom stereocenters. The lowest BCUT2D eigenvalue weighted by molar-refractivity contribution is -0.143. The maximum atomic E-state index is 12.8. The number of nitrogens with one attached hydrogen (secondary N) is 2. The molecule has 0 aliphatic carbocycles. The Bertz CT molecular complexity index is 574. The van der Waals surface area contributed by atoms with Crippen LogP contribution in [0.1, 0.15) is 39.5 Å². The number of amides is 3. The molecule has 10 heteroatoms. The molecule has 0 spiro atoms. The Hall–Kier alpha value is -1.81. The molecule has 1 saturated heterocycles. The average molecular weight is 417 g/mol. The molecule has 0 aromatic rings. The number of carboxylic acid groups (broad SMARTS) is 1. The molecule has 0 radical (unpaired) electrons. The van der Waals surface area contributed by atoms with E-state index in [4.69, 9.17) is 5.73 Å². The maximum absolute atomic E-state index is 12.8. The molecular weight excluding hydrogens is 384 g/mol. The van der Waals surface area contributed by atoms with E-state index in [0.29, 0.717) is 38.0 Å². The highest BCUT2D eigenvalue weighted by molar-refractivity contribution is 7.98. The van der Waals surface area contributed by atoms with Gasteiger partial charge in [0.2, 0.25) is 17.7 Å². The largest absolute Gasteiger partial charge is 0.480 e. The van der Waals surface area contributed by atoms with Crippen LogP contribution in [0.25, 0.3) is 0 Å². The van der Waals surface area contributed by atoms with Gasteiger partial charge in [-0.05, 0) is 37.2 Å². The summed E-state index contributed by atoms with van der Waals surface area (Å²) in [6.07, 6.45) is 3.98. The molecule has 0 aromatic heterocycles. The number of likely N-dealkylation sites (tertiary alicyclic amines) is 1. The standard InChI is InChI=1S/C18H32N4O5S/c1-4-11(2)15(17(25)20-12(18(26)27)7-9-28-3)21-16(24)13-6-5-8-22(13)14(23)10-19/h11-13,15H,4-10,19H2,1-3H3,(H,20,25)(H,21,24)(H,26,27). The summed E-state index contributed by atoms with van der Waals surface area (Å²) in [5.41, 5.74) is 5.41. The van der Waals surface area contributed by atoms with Gasteiger partial charge in [0.25, 0.3) is 0 Å². The fraction of sp³-hybridized carbons (Fsp3) is 0.778. The number of nitrogens with two attached hydrogens (primary N) is 1. The minimum atomic E-state index is -1.10. The van der Waals surface area contributed by atoms with Crippen LogP contribution < -0.4 is 16.4 Å². The number of carbonyl (C=O) groups is 4. The summed E-state index contributed by atoms with van der Waals surface area (Å²) >= 11 is 1.49. The minimum absolute atomic E-state index is 0.172. The first-order valence-corrected chi connectivity index (χ1v) is 11.0. The molecular formula is C18H32N4O5S. The summed E-state index contributed by atoms with van der Waals surface area (Å²) in [5, 5.41) is 14.6. The predicted octanol–water partition coefficient (Wildman–Crippen LogP) is -0.210. The summed E-state index contributed by atoms with van der Waals surface area (Å²) in [6.45, 7) is 4.00. The molecule has 0 saturated carbocycles. The van der Waals surface area contributed by atoms with Gasteiger partial charge in [-0.25, -0.2) is 4.79 Å². The van der Waals surface area contributed by atoms with E-state index in [1.165, 1.54) is 16.7 Å². The molecule has 1 fully saturated rings. The van der Waals surface area contributed by atoms with Crippen molar-refractivity contribution in [3.63, 3.8) is 0 Å². The third kappa shape index (κ3) is 6.66. The first-order valence-electron chi connectivity index (χ1n) is 9.58. The van der Waals surface area contributed by atoms with Crippen molar-refractivity contribution in [2.24, 2.45) is 11.7 Å². The van der Waals surface area contributed by atoms with Gasteiger partial charge in [-0.2, -0.15) is 11.8 Å². The van der Waals surface area contributed by atoms with Gasteiger partial charge in [0.1, 0.15) is 18.1 Å². The highest BCUT2D eigenvalue weighted by atomic mass is 32.2. The van der Waals surface area contributed by atoms with E-state index >= 15 is 0 Å². The van der Waals surface area contributed by atoms with Crippen LogP contribution in [0.4, 0.5) is 0 Å². The number of carbonyl (C=O) groups excluding carboxylic acids is 3. The molecule has 0 bridgehead atoms. The fourth-order valence-electron chi connectivity index (χ4n) is 3.16. The molecule has 5 N–H and O–H groups in total. The Morgan fingerprint density at radius 3 is 2.50 bits per heavy atom. The van der Waals surface area contributed by atoms with Gasteiger partial charge in [-0.15, -0.1) is 0 Å². The van der Waals surface area contributed by atoms with E-state index in [1.807, 2.05) is 20.1 Å². The number of aliphatic carboxylic acids is 1. The number of hydrogen-bond donors (Lipinski definition) is 4. The van der Waals surface area contributed by atoms with Gasteiger partial charge < -0.3 is 26.4 Å². The van der Waals surface area contributed by atoms with Crippen LogP contribution >= 0.6 is 11.8 Å². The molecule has 160 valence electrons. The van der Waals surface area contributed by atoms with Gasteiger partial charge >= 0.3 is 5.97 Å². The SMILES string of the molecule is CCC(C)C(NC(=O)C1CCCN1C(=O)CN)C(=O)NC(CCSC)C(=O)O. The smallest absolute Gasteiger partial charge is 0.326 e. The van der Waals surface area contributed by atoms with E-state index in [2.05, 4.69) is 10.6 Å². The Balaban J connectivity index is 2.86. The quantitative estimate of drug-likeness (QED) is 0.365. The first kappa shape index (κ1) is 24.2. The number of hydrogen-bond acceptors (Lipinski definition) is 6. The molecule has 3 amide bonds. The normalized spacial score (nSPS) is 19.6. The van der Waals surface area contributed by atoms with E-state index in [1.54, 1.807) is 0 Å². The van der Waals surface area contributed by atoms with Crippen molar-refractivity contribution in [2.75, 3.05) is 25.1 Å². The summed E-state index contributed by atoms with van der Waals surface area (Å²) in [4.78, 5) is 50.3. The van der Waals surface area contributed by atoms with E-state index in [9.17, 15) is 24.3 Å². The van der Waals surface area contributed by atoms with Crippen molar-refractivity contribution in [2.45, 2.75) is 57.7 Å². The van der Waals surface area contributed by atoms with E-state index in [0.717, 1.165) is 0 Å². The number of carboxylic acids is 1. The van der Waals surface area contributed by atoms with Crippen molar-refractivity contribution >= 4 is 35.5 Å². The van der Waals surface area contributed by atoms with Gasteiger partial charge in [-0.1, -0.05) is 20.3 Å². The minimum Gasteiger partial charge on any atom is -0.480 e. The second kappa shape index (κ2) is 11.9. The number of nitrogens with zero attached hydrogens (tertiary/aromatic N) is 1. The van der Waals surface area contributed by atoms with Crippen LogP contribution in [-0.4, -0.2) is 76.9 Å². The van der Waals surface area contributed by atoms with Gasteiger partial charge in [0, 0.05) is 6.54 Å². The fourth-order valence-corrected chi connectivity index (χ4v) is 3.63. The lowest BCUT2D eigenvalue weighted by Gasteiger charge is -2.29. The first-order chi connectivity index (χ1) is 13.3. The van der Waals surface area contributed by atoms with Crippen LogP contribution in [0.5, 0.6) is 0 Å². The highest BCUT2D eigenvalue weighted by Crippen LogP contribution is 2.18. The van der Waals surface area contributed by atoms with Crippen molar-refractivity contribution in [3.8, 4) is 0 Å². The second-order valence-electron chi connectivity index (χ2n) is 7.00. The zero-order chi connectivity index (χ0) is 21.3. The van der Waals surface area contributed by atoms with Gasteiger partial charge in [0.15, 0.2) is 0 Å². The number of rotatable bonds is 11. The third-order valence-electron chi connectivity index (χ3n) is 5.07. The zero-order valence-corrected chi connectivity index (χ0v) is 17.6. The molecule has 1 heterocycles. The lowest BCUT2D eigenvalue weighted by atomic mass is 9.97. The Morgan fingerprint density at radius 1 is 1.29 bits per heavy atom. The Kier molecular flexibility index (Phi) is 10.3. The van der Waals surface area contributed by atoms with Crippen molar-refractivity contribution < 1.29 is 24.3 Å². The van der Waals surface area contributed by atoms with Crippen LogP contribution in [0.15, 0.2) is 0 Å². The Morgan fingerprint density at radius 2 is 1.96 bits per heavy atom. The Labute approximate surface area is 170 Å². The van der Waals surface area contributed by atoms with Gasteiger partial charge in [0.05, 0.1) is 6.54 Å². The second-order valence-corrected chi connectivity index (χ2v) is 7.99. The molecule has 1 rings (SSSR count). The maximum Gasteiger partial charge on any atom is 0.326 e. The average Bonchev–Trinajstić information content (AvgIpc) is 3.17. The topological polar surface area (TPSA) is 142 Å². The molecule has 1 aliphatic heterocycles.